The van der Waals surface area contributed by atoms with Gasteiger partial charge in [-0.2, -0.15) is 0 Å². The number of benzene rings is 2. The molecule has 36 heavy (non-hydrogen) atoms. The molecule has 13 nitrogen and oxygen atoms in total. The zero-order chi connectivity index (χ0) is 26.3. The fourth-order valence-corrected chi connectivity index (χ4v) is 3.87. The summed E-state index contributed by atoms with van der Waals surface area (Å²) in [5.41, 5.74) is -1.12. The molecular weight excluding hydrogens is 484 g/mol. The molecule has 13 heteroatoms. The predicted molar refractivity (Wildman–Crippen MR) is 120 cm³/mol. The summed E-state index contributed by atoms with van der Waals surface area (Å²) in [6, 6.07) is 4.55. The third-order valence-electron chi connectivity index (χ3n) is 5.74. The molecule has 7 N–H and O–H groups in total. The molecule has 0 radical (unpaired) electrons. The maximum Gasteiger partial charge on any atom is 0.239 e. The van der Waals surface area contributed by atoms with Gasteiger partial charge in [0.05, 0.1) is 20.8 Å². The Morgan fingerprint density at radius 3 is 2.14 bits per heavy atom. The van der Waals surface area contributed by atoms with Crippen LogP contribution in [0, 0.1) is 0 Å². The van der Waals surface area contributed by atoms with Gasteiger partial charge >= 0.3 is 0 Å². The topological polar surface area (TPSA) is 209 Å². The Balaban J connectivity index is 1.96. The second-order valence-electron chi connectivity index (χ2n) is 7.97. The van der Waals surface area contributed by atoms with Crippen LogP contribution in [-0.4, -0.2) is 87.3 Å². The van der Waals surface area contributed by atoms with Gasteiger partial charge in [0, 0.05) is 17.7 Å². The van der Waals surface area contributed by atoms with Crippen molar-refractivity contribution < 1.29 is 59.1 Å². The molecule has 0 aliphatic carbocycles. The summed E-state index contributed by atoms with van der Waals surface area (Å²) in [4.78, 5) is 13.5. The third kappa shape index (κ3) is 4.23. The largest absolute Gasteiger partial charge is 0.508 e. The summed E-state index contributed by atoms with van der Waals surface area (Å²) in [5, 5.41) is 70.1. The van der Waals surface area contributed by atoms with E-state index < -0.39 is 60.0 Å². The van der Waals surface area contributed by atoms with Crippen LogP contribution in [0.15, 0.2) is 33.5 Å². The minimum atomic E-state index is -1.86. The van der Waals surface area contributed by atoms with Crippen LogP contribution in [0.1, 0.15) is 0 Å². The van der Waals surface area contributed by atoms with Crippen LogP contribution in [0.4, 0.5) is 0 Å². The zero-order valence-corrected chi connectivity index (χ0v) is 19.0. The van der Waals surface area contributed by atoms with Crippen molar-refractivity contribution in [1.29, 1.82) is 0 Å². The first-order chi connectivity index (χ1) is 17.1. The van der Waals surface area contributed by atoms with Gasteiger partial charge in [0.25, 0.3) is 0 Å². The number of rotatable bonds is 6. The molecule has 4 rings (SSSR count). The van der Waals surface area contributed by atoms with E-state index in [9.17, 15) is 40.5 Å². The fourth-order valence-electron chi connectivity index (χ4n) is 3.87. The SMILES string of the molecule is COc1cc(-c2oc3cc(O)cc(O)c3c(=O)c2O[C@@H]2O[C@@H](CO)[C@@H](O)[C@@H](O)[C@@H]2O)cc(OC)c1O. The quantitative estimate of drug-likeness (QED) is 0.230. The summed E-state index contributed by atoms with van der Waals surface area (Å²) >= 11 is 0. The standard InChI is InChI=1S/C23H24O13/c1-32-12-3-8(4-13(33-2)16(12)27)21-22(18(29)15-10(26)5-9(25)6-11(15)34-21)36-23-20(31)19(30)17(28)14(7-24)35-23/h3-6,14,17,19-20,23-28,30-31H,7H2,1-2H3/t14-,17+,19+,20-,23-/m0/s1. The van der Waals surface area contributed by atoms with Crippen molar-refractivity contribution in [3.63, 3.8) is 0 Å². The van der Waals surface area contributed by atoms with E-state index in [0.717, 1.165) is 12.1 Å². The molecule has 1 fully saturated rings. The second kappa shape index (κ2) is 9.72. The smallest absolute Gasteiger partial charge is 0.239 e. The molecule has 1 saturated heterocycles. The normalized spacial score (nSPS) is 24.0. The molecule has 194 valence electrons. The van der Waals surface area contributed by atoms with Gasteiger partial charge in [-0.1, -0.05) is 0 Å². The molecule has 0 unspecified atom stereocenters. The van der Waals surface area contributed by atoms with Crippen molar-refractivity contribution in [3.8, 4) is 45.8 Å². The van der Waals surface area contributed by atoms with Crippen LogP contribution in [0.3, 0.4) is 0 Å². The minimum absolute atomic E-state index is 0.0651. The lowest BCUT2D eigenvalue weighted by Crippen LogP contribution is -2.60. The molecule has 1 aromatic heterocycles. The number of methoxy groups -OCH3 is 2. The van der Waals surface area contributed by atoms with E-state index in [1.807, 2.05) is 0 Å². The average molecular weight is 508 g/mol. The summed E-state index contributed by atoms with van der Waals surface area (Å²) < 4.78 is 27.1. The predicted octanol–water partition coefficient (Wildman–Crippen LogP) is -0.227. The van der Waals surface area contributed by atoms with Crippen molar-refractivity contribution in [1.82, 2.24) is 0 Å². The van der Waals surface area contributed by atoms with Gasteiger partial charge in [-0.15, -0.1) is 0 Å². The number of fused-ring (bicyclic) bond motifs is 1. The van der Waals surface area contributed by atoms with Gasteiger partial charge in [0.15, 0.2) is 17.3 Å². The molecule has 1 aliphatic heterocycles. The van der Waals surface area contributed by atoms with Gasteiger partial charge in [-0.3, -0.25) is 4.79 Å². The van der Waals surface area contributed by atoms with E-state index in [1.54, 1.807) is 0 Å². The van der Waals surface area contributed by atoms with Crippen LogP contribution < -0.4 is 19.6 Å². The van der Waals surface area contributed by atoms with Gasteiger partial charge in [-0.05, 0) is 12.1 Å². The molecule has 1 aliphatic rings. The van der Waals surface area contributed by atoms with Crippen LogP contribution in [0.25, 0.3) is 22.3 Å². The van der Waals surface area contributed by atoms with Crippen molar-refractivity contribution in [2.24, 2.45) is 0 Å². The van der Waals surface area contributed by atoms with Crippen molar-refractivity contribution in [3.05, 3.63) is 34.5 Å². The summed E-state index contributed by atoms with van der Waals surface area (Å²) in [7, 11) is 2.55. The lowest BCUT2D eigenvalue weighted by Gasteiger charge is -2.39. The van der Waals surface area contributed by atoms with Gasteiger partial charge in [0.1, 0.15) is 46.9 Å². The average Bonchev–Trinajstić information content (AvgIpc) is 2.85. The van der Waals surface area contributed by atoms with E-state index >= 15 is 0 Å². The van der Waals surface area contributed by atoms with E-state index in [1.165, 1.54) is 26.4 Å². The first-order valence-electron chi connectivity index (χ1n) is 10.6. The van der Waals surface area contributed by atoms with Crippen molar-refractivity contribution in [2.45, 2.75) is 30.7 Å². The fraction of sp³-hybridized carbons (Fsp3) is 0.348. The van der Waals surface area contributed by atoms with E-state index in [-0.39, 0.29) is 39.5 Å². The van der Waals surface area contributed by atoms with Crippen LogP contribution in [-0.2, 0) is 4.74 Å². The number of hydrogen-bond acceptors (Lipinski definition) is 13. The van der Waals surface area contributed by atoms with E-state index in [4.69, 9.17) is 23.4 Å². The number of hydrogen-bond donors (Lipinski definition) is 7. The maximum absolute atomic E-state index is 13.5. The third-order valence-corrected chi connectivity index (χ3v) is 5.74. The molecule has 2 heterocycles. The lowest BCUT2D eigenvalue weighted by molar-refractivity contribution is -0.277. The highest BCUT2D eigenvalue weighted by Crippen LogP contribution is 2.43. The second-order valence-corrected chi connectivity index (χ2v) is 7.97. The van der Waals surface area contributed by atoms with Gasteiger partial charge < -0.3 is 59.1 Å². The van der Waals surface area contributed by atoms with Crippen LogP contribution in [0.5, 0.6) is 34.5 Å². The van der Waals surface area contributed by atoms with Crippen LogP contribution >= 0.6 is 0 Å². The minimum Gasteiger partial charge on any atom is -0.508 e. The Bertz CT molecular complexity index is 1310. The number of ether oxygens (including phenoxy) is 4. The number of aromatic hydroxyl groups is 3. The lowest BCUT2D eigenvalue weighted by atomic mass is 9.99. The molecule has 5 atom stereocenters. The number of aliphatic hydroxyl groups excluding tert-OH is 4. The molecule has 0 spiro atoms. The summed E-state index contributed by atoms with van der Waals surface area (Å²) in [5.74, 6) is -2.44. The summed E-state index contributed by atoms with van der Waals surface area (Å²) in [6.07, 6.45) is -8.42. The molecule has 0 amide bonds. The Kier molecular flexibility index (Phi) is 6.84. The van der Waals surface area contributed by atoms with E-state index in [0.29, 0.717) is 0 Å². The number of aliphatic hydroxyl groups is 4. The molecule has 2 aromatic carbocycles. The Labute approximate surface area is 202 Å². The molecular formula is C23H24O13. The number of phenolic OH excluding ortho intramolecular Hbond substituents is 3. The molecule has 0 bridgehead atoms. The van der Waals surface area contributed by atoms with Crippen LogP contribution in [0.2, 0.25) is 0 Å². The maximum atomic E-state index is 13.5. The van der Waals surface area contributed by atoms with Crippen molar-refractivity contribution in [2.75, 3.05) is 20.8 Å². The highest BCUT2D eigenvalue weighted by molar-refractivity contribution is 5.88. The first-order valence-corrected chi connectivity index (χ1v) is 10.6. The monoisotopic (exact) mass is 508 g/mol. The Morgan fingerprint density at radius 2 is 1.56 bits per heavy atom. The zero-order valence-electron chi connectivity index (χ0n) is 19.0. The molecule has 0 saturated carbocycles. The van der Waals surface area contributed by atoms with Gasteiger partial charge in [0.2, 0.25) is 23.2 Å². The van der Waals surface area contributed by atoms with E-state index in [2.05, 4.69) is 0 Å². The highest BCUT2D eigenvalue weighted by Gasteiger charge is 2.45. The Hall–Kier alpha value is -3.75. The Morgan fingerprint density at radius 1 is 0.917 bits per heavy atom. The highest BCUT2D eigenvalue weighted by atomic mass is 16.7. The van der Waals surface area contributed by atoms with Crippen molar-refractivity contribution >= 4 is 11.0 Å². The molecule has 3 aromatic rings. The first kappa shape index (κ1) is 25.3. The number of phenols is 3. The summed E-state index contributed by atoms with van der Waals surface area (Å²) in [6.45, 7) is -0.740. The van der Waals surface area contributed by atoms with Gasteiger partial charge in [-0.25, -0.2) is 0 Å².